The number of carbonyl (C=O) groups is 2. The monoisotopic (exact) mass is 381 g/mol. The van der Waals surface area contributed by atoms with E-state index in [1.54, 1.807) is 7.11 Å². The highest BCUT2D eigenvalue weighted by Crippen LogP contribution is 2.31. The number of fused-ring (bicyclic) bond motifs is 1. The summed E-state index contributed by atoms with van der Waals surface area (Å²) in [5.41, 5.74) is 3.81. The lowest BCUT2D eigenvalue weighted by atomic mass is 10.1. The number of ether oxygens (including phenoxy) is 1. The molecule has 0 saturated heterocycles. The lowest BCUT2D eigenvalue weighted by Gasteiger charge is -2.19. The van der Waals surface area contributed by atoms with Gasteiger partial charge in [-0.05, 0) is 48.2 Å². The van der Waals surface area contributed by atoms with Gasteiger partial charge >= 0.3 is 6.03 Å². The highest BCUT2D eigenvalue weighted by Gasteiger charge is 2.26. The largest absolute Gasteiger partial charge is 0.496 e. The van der Waals surface area contributed by atoms with E-state index in [2.05, 4.69) is 10.6 Å². The molecule has 3 amide bonds. The summed E-state index contributed by atoms with van der Waals surface area (Å²) in [6.45, 7) is 5.02. The Hall–Kier alpha value is -3.02. The Kier molecular flexibility index (Phi) is 6.19. The molecule has 2 aromatic carbocycles. The first-order valence-electron chi connectivity index (χ1n) is 9.60. The number of carbonyl (C=O) groups excluding carboxylic acids is 2. The van der Waals surface area contributed by atoms with Crippen LogP contribution in [-0.4, -0.2) is 32.1 Å². The van der Waals surface area contributed by atoms with Gasteiger partial charge in [0.1, 0.15) is 5.75 Å². The summed E-state index contributed by atoms with van der Waals surface area (Å²) in [6.07, 6.45) is 1.49. The average molecular weight is 381 g/mol. The first kappa shape index (κ1) is 19.7. The standard InChI is InChI=1S/C22H27N3O3/c1-15(2)21(26)25-13-11-17-14-18(8-9-19(17)25)24-22(27)23-12-10-16-6-4-5-7-20(16)28-3/h4-9,14-15H,10-13H2,1-3H3,(H2,23,24,27). The molecule has 28 heavy (non-hydrogen) atoms. The second-order valence-electron chi connectivity index (χ2n) is 7.18. The van der Waals surface area contributed by atoms with E-state index in [1.807, 2.05) is 61.2 Å². The second-order valence-corrected chi connectivity index (χ2v) is 7.18. The van der Waals surface area contributed by atoms with E-state index in [1.165, 1.54) is 0 Å². The number of nitrogens with one attached hydrogen (secondary N) is 2. The zero-order chi connectivity index (χ0) is 20.1. The molecule has 0 saturated carbocycles. The molecule has 0 bridgehead atoms. The van der Waals surface area contributed by atoms with E-state index in [0.29, 0.717) is 19.5 Å². The minimum Gasteiger partial charge on any atom is -0.496 e. The van der Waals surface area contributed by atoms with Gasteiger partial charge in [0.15, 0.2) is 0 Å². The molecule has 0 spiro atoms. The van der Waals surface area contributed by atoms with Crippen LogP contribution in [0.15, 0.2) is 42.5 Å². The fraction of sp³-hybridized carbons (Fsp3) is 0.364. The van der Waals surface area contributed by atoms with E-state index < -0.39 is 0 Å². The first-order chi connectivity index (χ1) is 13.5. The summed E-state index contributed by atoms with van der Waals surface area (Å²) in [5.74, 6) is 0.926. The molecule has 6 heteroatoms. The number of methoxy groups -OCH3 is 1. The Morgan fingerprint density at radius 1 is 1.18 bits per heavy atom. The predicted octanol–water partition coefficient (Wildman–Crippen LogP) is 3.60. The molecule has 2 aromatic rings. The van der Waals surface area contributed by atoms with E-state index in [0.717, 1.165) is 34.7 Å². The number of benzene rings is 2. The van der Waals surface area contributed by atoms with Crippen LogP contribution in [0.25, 0.3) is 0 Å². The van der Waals surface area contributed by atoms with Gasteiger partial charge in [-0.15, -0.1) is 0 Å². The third-order valence-electron chi connectivity index (χ3n) is 4.87. The van der Waals surface area contributed by atoms with Crippen LogP contribution < -0.4 is 20.3 Å². The highest BCUT2D eigenvalue weighted by molar-refractivity contribution is 5.97. The third kappa shape index (κ3) is 4.44. The summed E-state index contributed by atoms with van der Waals surface area (Å²) in [4.78, 5) is 26.3. The quantitative estimate of drug-likeness (QED) is 0.803. The van der Waals surface area contributed by atoms with Crippen molar-refractivity contribution < 1.29 is 14.3 Å². The Labute approximate surface area is 165 Å². The molecule has 0 radical (unpaired) electrons. The van der Waals surface area contributed by atoms with Gasteiger partial charge < -0.3 is 20.3 Å². The minimum absolute atomic E-state index is 0.0298. The van der Waals surface area contributed by atoms with Gasteiger partial charge in [-0.2, -0.15) is 0 Å². The molecule has 0 aliphatic carbocycles. The smallest absolute Gasteiger partial charge is 0.319 e. The summed E-state index contributed by atoms with van der Waals surface area (Å²) in [7, 11) is 1.64. The SMILES string of the molecule is COc1ccccc1CCNC(=O)Nc1ccc2c(c1)CCN2C(=O)C(C)C. The van der Waals surface area contributed by atoms with Crippen LogP contribution in [0.4, 0.5) is 16.2 Å². The van der Waals surface area contributed by atoms with Gasteiger partial charge in [0, 0.05) is 30.4 Å². The predicted molar refractivity (Wildman–Crippen MR) is 111 cm³/mol. The van der Waals surface area contributed by atoms with Crippen LogP contribution in [0.2, 0.25) is 0 Å². The molecule has 6 nitrogen and oxygen atoms in total. The summed E-state index contributed by atoms with van der Waals surface area (Å²) >= 11 is 0. The number of anilines is 2. The Morgan fingerprint density at radius 3 is 2.71 bits per heavy atom. The molecular formula is C22H27N3O3. The van der Waals surface area contributed by atoms with Crippen LogP contribution in [0.1, 0.15) is 25.0 Å². The molecule has 1 heterocycles. The minimum atomic E-state index is -0.247. The maximum Gasteiger partial charge on any atom is 0.319 e. The molecule has 0 fully saturated rings. The van der Waals surface area contributed by atoms with Gasteiger partial charge in [-0.25, -0.2) is 4.79 Å². The van der Waals surface area contributed by atoms with Crippen LogP contribution in [-0.2, 0) is 17.6 Å². The van der Waals surface area contributed by atoms with Gasteiger partial charge in [0.05, 0.1) is 7.11 Å². The number of urea groups is 1. The summed E-state index contributed by atoms with van der Waals surface area (Å²) < 4.78 is 5.32. The number of hydrogen-bond donors (Lipinski definition) is 2. The molecular weight excluding hydrogens is 354 g/mol. The summed E-state index contributed by atoms with van der Waals surface area (Å²) in [6, 6.07) is 13.2. The fourth-order valence-corrected chi connectivity index (χ4v) is 3.42. The van der Waals surface area contributed by atoms with Crippen molar-refractivity contribution in [1.82, 2.24) is 5.32 Å². The molecule has 0 unspecified atom stereocenters. The van der Waals surface area contributed by atoms with E-state index >= 15 is 0 Å². The van der Waals surface area contributed by atoms with Gasteiger partial charge in [-0.1, -0.05) is 32.0 Å². The van der Waals surface area contributed by atoms with E-state index in [9.17, 15) is 9.59 Å². The average Bonchev–Trinajstić information content (AvgIpc) is 3.10. The zero-order valence-corrected chi connectivity index (χ0v) is 16.6. The van der Waals surface area contributed by atoms with Crippen molar-refractivity contribution in [1.29, 1.82) is 0 Å². The number of amides is 3. The molecule has 0 atom stereocenters. The fourth-order valence-electron chi connectivity index (χ4n) is 3.42. The van der Waals surface area contributed by atoms with Crippen molar-refractivity contribution >= 4 is 23.3 Å². The number of nitrogens with zero attached hydrogens (tertiary/aromatic N) is 1. The number of rotatable bonds is 6. The highest BCUT2D eigenvalue weighted by atomic mass is 16.5. The molecule has 0 aromatic heterocycles. The maximum atomic E-state index is 12.3. The maximum absolute atomic E-state index is 12.3. The van der Waals surface area contributed by atoms with Gasteiger partial charge in [0.2, 0.25) is 5.91 Å². The van der Waals surface area contributed by atoms with Crippen LogP contribution >= 0.6 is 0 Å². The molecule has 2 N–H and O–H groups in total. The molecule has 148 valence electrons. The van der Waals surface area contributed by atoms with Crippen molar-refractivity contribution in [3.63, 3.8) is 0 Å². The third-order valence-corrected chi connectivity index (χ3v) is 4.87. The van der Waals surface area contributed by atoms with Gasteiger partial charge in [-0.3, -0.25) is 4.79 Å². The molecule has 1 aliphatic rings. The normalized spacial score (nSPS) is 12.6. The zero-order valence-electron chi connectivity index (χ0n) is 16.6. The van der Waals surface area contributed by atoms with Crippen molar-refractivity contribution in [2.24, 2.45) is 5.92 Å². The van der Waals surface area contributed by atoms with Crippen LogP contribution in [0, 0.1) is 5.92 Å². The topological polar surface area (TPSA) is 70.7 Å². The lowest BCUT2D eigenvalue weighted by molar-refractivity contribution is -0.121. The number of para-hydroxylation sites is 1. The Bertz CT molecular complexity index is 864. The van der Waals surface area contributed by atoms with E-state index in [-0.39, 0.29) is 17.9 Å². The van der Waals surface area contributed by atoms with Crippen molar-refractivity contribution in [2.75, 3.05) is 30.4 Å². The van der Waals surface area contributed by atoms with E-state index in [4.69, 9.17) is 4.74 Å². The van der Waals surface area contributed by atoms with Crippen molar-refractivity contribution in [3.8, 4) is 5.75 Å². The first-order valence-corrected chi connectivity index (χ1v) is 9.60. The second kappa shape index (κ2) is 8.78. The Balaban J connectivity index is 1.55. The molecule has 1 aliphatic heterocycles. The van der Waals surface area contributed by atoms with Crippen molar-refractivity contribution in [3.05, 3.63) is 53.6 Å². The number of hydrogen-bond acceptors (Lipinski definition) is 3. The molecule has 3 rings (SSSR count). The van der Waals surface area contributed by atoms with Crippen molar-refractivity contribution in [2.45, 2.75) is 26.7 Å². The van der Waals surface area contributed by atoms with Crippen LogP contribution in [0.5, 0.6) is 5.75 Å². The summed E-state index contributed by atoms with van der Waals surface area (Å²) in [5, 5.41) is 5.74. The van der Waals surface area contributed by atoms with Gasteiger partial charge in [0.25, 0.3) is 0 Å². The Morgan fingerprint density at radius 2 is 1.96 bits per heavy atom. The lowest BCUT2D eigenvalue weighted by Crippen LogP contribution is -2.32. The van der Waals surface area contributed by atoms with Crippen LogP contribution in [0.3, 0.4) is 0 Å².